The van der Waals surface area contributed by atoms with Crippen LogP contribution >= 0.6 is 0 Å². The minimum Gasteiger partial charge on any atom is -0.394 e. The Labute approximate surface area is 148 Å². The molecule has 2 heterocycles. The highest BCUT2D eigenvalue weighted by Crippen LogP contribution is 2.30. The normalized spacial score (nSPS) is 44.7. The van der Waals surface area contributed by atoms with Gasteiger partial charge in [-0.15, -0.1) is 0 Å². The zero-order valence-corrected chi connectivity index (χ0v) is 14.0. The van der Waals surface area contributed by atoms with Gasteiger partial charge in [-0.3, -0.25) is 4.79 Å². The maximum atomic E-state index is 11.3. The molecule has 0 saturated carbocycles. The van der Waals surface area contributed by atoms with Crippen molar-refractivity contribution in [3.63, 3.8) is 0 Å². The van der Waals surface area contributed by atoms with Gasteiger partial charge >= 0.3 is 0 Å². The maximum absolute atomic E-state index is 11.3. The van der Waals surface area contributed by atoms with Crippen molar-refractivity contribution in [2.75, 3.05) is 13.2 Å². The van der Waals surface area contributed by atoms with Crippen LogP contribution in [-0.4, -0.2) is 116 Å². The summed E-state index contributed by atoms with van der Waals surface area (Å²) in [5.41, 5.74) is 0. The first-order valence-corrected chi connectivity index (χ1v) is 8.06. The smallest absolute Gasteiger partial charge is 0.217 e. The molecule has 12 nitrogen and oxygen atoms in total. The third-order valence-corrected chi connectivity index (χ3v) is 4.36. The van der Waals surface area contributed by atoms with Crippen molar-refractivity contribution in [3.05, 3.63) is 0 Å². The number of carbonyl (C=O) groups is 1. The monoisotopic (exact) mass is 383 g/mol. The van der Waals surface area contributed by atoms with Gasteiger partial charge in [0.15, 0.2) is 12.6 Å². The summed E-state index contributed by atoms with van der Waals surface area (Å²) in [5, 5.41) is 70.4. The summed E-state index contributed by atoms with van der Waals surface area (Å²) >= 11 is 0. The van der Waals surface area contributed by atoms with E-state index in [1.807, 2.05) is 0 Å². The first-order valence-electron chi connectivity index (χ1n) is 8.06. The molecule has 12 heteroatoms. The summed E-state index contributed by atoms with van der Waals surface area (Å²) in [5.74, 6) is -0.567. The van der Waals surface area contributed by atoms with Crippen molar-refractivity contribution >= 4 is 5.91 Å². The van der Waals surface area contributed by atoms with Crippen LogP contribution in [0.1, 0.15) is 6.92 Å². The summed E-state index contributed by atoms with van der Waals surface area (Å²) < 4.78 is 15.7. The van der Waals surface area contributed by atoms with E-state index in [-0.39, 0.29) is 0 Å². The molecule has 8 N–H and O–H groups in total. The van der Waals surface area contributed by atoms with Crippen molar-refractivity contribution in [3.8, 4) is 0 Å². The van der Waals surface area contributed by atoms with E-state index in [9.17, 15) is 35.4 Å². The predicted octanol–water partition coefficient (Wildman–Crippen LogP) is -5.25. The van der Waals surface area contributed by atoms with Crippen molar-refractivity contribution in [1.82, 2.24) is 5.32 Å². The van der Waals surface area contributed by atoms with Crippen LogP contribution in [0.25, 0.3) is 0 Å². The van der Waals surface area contributed by atoms with E-state index in [2.05, 4.69) is 5.32 Å². The number of nitrogens with one attached hydrogen (secondary N) is 1. The van der Waals surface area contributed by atoms with E-state index < -0.39 is 80.5 Å². The molecule has 0 aromatic rings. The molecule has 1 amide bonds. The molecule has 26 heavy (non-hydrogen) atoms. The number of ether oxygens (including phenoxy) is 3. The van der Waals surface area contributed by atoms with Gasteiger partial charge in [-0.1, -0.05) is 0 Å². The molecule has 10 atom stereocenters. The Bertz CT molecular complexity index is 480. The lowest BCUT2D eigenvalue weighted by Crippen LogP contribution is -2.65. The molecule has 2 rings (SSSR count). The first kappa shape index (κ1) is 21.4. The number of amides is 1. The average Bonchev–Trinajstić information content (AvgIpc) is 2.88. The van der Waals surface area contributed by atoms with Crippen molar-refractivity contribution in [2.45, 2.75) is 68.3 Å². The van der Waals surface area contributed by atoms with Crippen LogP contribution in [0.3, 0.4) is 0 Å². The molecule has 2 fully saturated rings. The summed E-state index contributed by atoms with van der Waals surface area (Å²) in [4.78, 5) is 11.3. The van der Waals surface area contributed by atoms with E-state index in [1.54, 1.807) is 0 Å². The number of aliphatic hydroxyl groups excluding tert-OH is 7. The Morgan fingerprint density at radius 3 is 2.31 bits per heavy atom. The second kappa shape index (κ2) is 8.84. The fourth-order valence-corrected chi connectivity index (χ4v) is 3.00. The Kier molecular flexibility index (Phi) is 7.27. The molecule has 0 unspecified atom stereocenters. The predicted molar refractivity (Wildman–Crippen MR) is 80.2 cm³/mol. The Balaban J connectivity index is 2.17. The molecular formula is C14H25NO11. The summed E-state index contributed by atoms with van der Waals surface area (Å²) in [6.07, 6.45) is -13.4. The molecular weight excluding hydrogens is 358 g/mol. The van der Waals surface area contributed by atoms with Crippen LogP contribution in [0.5, 0.6) is 0 Å². The highest BCUT2D eigenvalue weighted by atomic mass is 16.7. The number of aliphatic hydroxyl groups is 7. The van der Waals surface area contributed by atoms with Crippen LogP contribution in [0, 0.1) is 0 Å². The van der Waals surface area contributed by atoms with Gasteiger partial charge in [-0.25, -0.2) is 0 Å². The van der Waals surface area contributed by atoms with Crippen molar-refractivity contribution in [1.29, 1.82) is 0 Å². The summed E-state index contributed by atoms with van der Waals surface area (Å²) in [6.45, 7) is -0.235. The van der Waals surface area contributed by atoms with Gasteiger partial charge in [-0.05, 0) is 0 Å². The van der Waals surface area contributed by atoms with Crippen LogP contribution in [0.4, 0.5) is 0 Å². The molecule has 0 aromatic carbocycles. The van der Waals surface area contributed by atoms with Gasteiger partial charge in [0.05, 0.1) is 13.2 Å². The number of carbonyl (C=O) groups excluding carboxylic acids is 1. The maximum Gasteiger partial charge on any atom is 0.217 e. The zero-order valence-electron chi connectivity index (χ0n) is 14.0. The SMILES string of the molecule is CC(=O)N[C@@H]1[C@@H](O[C@@H]2O[C@@H]([C@H](O)CO)[C@H](O)[C@H]2O)[C@H](O)[C@@H](CO)O[C@H]1O. The fourth-order valence-electron chi connectivity index (χ4n) is 3.00. The topological polar surface area (TPSA) is 198 Å². The number of rotatable bonds is 6. The lowest BCUT2D eigenvalue weighted by molar-refractivity contribution is -0.296. The van der Waals surface area contributed by atoms with E-state index in [0.717, 1.165) is 6.92 Å². The quantitative estimate of drug-likeness (QED) is 0.218. The van der Waals surface area contributed by atoms with E-state index >= 15 is 0 Å². The van der Waals surface area contributed by atoms with Gasteiger partial charge in [0, 0.05) is 6.92 Å². The summed E-state index contributed by atoms with van der Waals surface area (Å²) in [6, 6.07) is -1.26. The number of hydrogen-bond acceptors (Lipinski definition) is 11. The molecule has 0 spiro atoms. The summed E-state index contributed by atoms with van der Waals surface area (Å²) in [7, 11) is 0. The molecule has 152 valence electrons. The molecule has 0 aromatic heterocycles. The third kappa shape index (κ3) is 4.31. The minimum atomic E-state index is -1.64. The van der Waals surface area contributed by atoms with E-state index in [1.165, 1.54) is 0 Å². The second-order valence-corrected chi connectivity index (χ2v) is 6.27. The van der Waals surface area contributed by atoms with Gasteiger partial charge in [0.2, 0.25) is 5.91 Å². The Morgan fingerprint density at radius 1 is 1.12 bits per heavy atom. The highest BCUT2D eigenvalue weighted by Gasteiger charge is 2.52. The zero-order chi connectivity index (χ0) is 19.6. The van der Waals surface area contributed by atoms with E-state index in [4.69, 9.17) is 19.3 Å². The molecule has 2 aliphatic rings. The van der Waals surface area contributed by atoms with Crippen LogP contribution < -0.4 is 5.32 Å². The van der Waals surface area contributed by atoms with Gasteiger partial charge in [0.25, 0.3) is 0 Å². The molecule has 2 saturated heterocycles. The van der Waals surface area contributed by atoms with Crippen LogP contribution in [0.2, 0.25) is 0 Å². The van der Waals surface area contributed by atoms with Crippen LogP contribution in [0.15, 0.2) is 0 Å². The van der Waals surface area contributed by atoms with Crippen molar-refractivity contribution in [2.24, 2.45) is 0 Å². The van der Waals surface area contributed by atoms with Crippen LogP contribution in [-0.2, 0) is 19.0 Å². The molecule has 0 bridgehead atoms. The molecule has 0 aliphatic carbocycles. The second-order valence-electron chi connectivity index (χ2n) is 6.27. The standard InChI is InChI=1S/C14H25NO11/c1-4(18)15-7-12(8(20)6(3-17)24-13(7)23)26-14-10(22)9(21)11(25-14)5(19)2-16/h5-14,16-17,19-23H,2-3H2,1H3,(H,15,18)/t5-,6-,7-,8-,9-,10-,11+,12-,13-,14+/m1/s1. The minimum absolute atomic E-state index is 0.567. The third-order valence-electron chi connectivity index (χ3n) is 4.36. The lowest BCUT2D eigenvalue weighted by atomic mass is 9.96. The Morgan fingerprint density at radius 2 is 1.77 bits per heavy atom. The molecule has 2 aliphatic heterocycles. The van der Waals surface area contributed by atoms with Gasteiger partial charge in [-0.2, -0.15) is 0 Å². The fraction of sp³-hybridized carbons (Fsp3) is 0.929. The van der Waals surface area contributed by atoms with Gasteiger partial charge < -0.3 is 55.3 Å². The highest BCUT2D eigenvalue weighted by molar-refractivity contribution is 5.73. The lowest BCUT2D eigenvalue weighted by Gasteiger charge is -2.43. The molecule has 0 radical (unpaired) electrons. The van der Waals surface area contributed by atoms with E-state index in [0.29, 0.717) is 0 Å². The Hall–Kier alpha value is -0.930. The first-order chi connectivity index (χ1) is 12.2. The largest absolute Gasteiger partial charge is 0.394 e. The average molecular weight is 383 g/mol. The van der Waals surface area contributed by atoms with Crippen molar-refractivity contribution < 1.29 is 54.8 Å². The van der Waals surface area contributed by atoms with Gasteiger partial charge in [0.1, 0.15) is 48.8 Å². The number of hydrogen-bond donors (Lipinski definition) is 8.